The smallest absolute Gasteiger partial charge is 0.344 e. The van der Waals surface area contributed by atoms with E-state index in [-0.39, 0.29) is 18.2 Å². The van der Waals surface area contributed by atoms with Gasteiger partial charge in [0.15, 0.2) is 18.3 Å². The van der Waals surface area contributed by atoms with Gasteiger partial charge in [0.2, 0.25) is 0 Å². The fraction of sp³-hybridized carbons (Fsp3) is 0.235. The molecule has 27 heavy (non-hydrogen) atoms. The maximum atomic E-state index is 11.8. The Balaban J connectivity index is 1.70. The van der Waals surface area contributed by atoms with E-state index in [1.807, 2.05) is 6.07 Å². The van der Waals surface area contributed by atoms with Crippen LogP contribution in [0, 0.1) is 11.3 Å². The monoisotopic (exact) mass is 389 g/mol. The van der Waals surface area contributed by atoms with Crippen molar-refractivity contribution in [3.63, 3.8) is 0 Å². The Morgan fingerprint density at radius 2 is 1.93 bits per heavy atom. The summed E-state index contributed by atoms with van der Waals surface area (Å²) in [5.41, 5.74) is 0.938. The summed E-state index contributed by atoms with van der Waals surface area (Å²) in [7, 11) is 1.27. The number of aromatic nitrogens is 1. The van der Waals surface area contributed by atoms with E-state index in [1.54, 1.807) is 29.6 Å². The van der Waals surface area contributed by atoms with Gasteiger partial charge in [-0.05, 0) is 24.3 Å². The maximum absolute atomic E-state index is 11.8. The quantitative estimate of drug-likeness (QED) is 0.669. The van der Waals surface area contributed by atoms with E-state index in [4.69, 9.17) is 14.7 Å². The Bertz CT molecular complexity index is 856. The average molecular weight is 389 g/mol. The lowest BCUT2D eigenvalue weighted by Crippen LogP contribution is -2.23. The van der Waals surface area contributed by atoms with Crippen molar-refractivity contribution < 1.29 is 28.6 Å². The number of benzene rings is 1. The lowest BCUT2D eigenvalue weighted by Gasteiger charge is -2.07. The van der Waals surface area contributed by atoms with Gasteiger partial charge in [-0.15, -0.1) is 11.3 Å². The minimum atomic E-state index is -0.722. The third kappa shape index (κ3) is 6.75. The SMILES string of the molecule is COC(=O)Cc1csc(NC(=O)COC(=O)COc2ccc(C#N)cc2)n1. The molecule has 0 aliphatic heterocycles. The number of nitrogens with zero attached hydrogens (tertiary/aromatic N) is 2. The zero-order chi connectivity index (χ0) is 19.6. The maximum Gasteiger partial charge on any atom is 0.344 e. The highest BCUT2D eigenvalue weighted by atomic mass is 32.1. The van der Waals surface area contributed by atoms with E-state index in [0.717, 1.165) is 11.3 Å². The molecule has 9 nitrogen and oxygen atoms in total. The van der Waals surface area contributed by atoms with Crippen LogP contribution in [-0.2, 0) is 30.3 Å². The molecule has 0 aliphatic carbocycles. The number of carbonyl (C=O) groups is 3. The predicted molar refractivity (Wildman–Crippen MR) is 94.1 cm³/mol. The second-order valence-electron chi connectivity index (χ2n) is 5.03. The highest BCUT2D eigenvalue weighted by Crippen LogP contribution is 2.16. The molecule has 1 aromatic carbocycles. The average Bonchev–Trinajstić information content (AvgIpc) is 3.11. The van der Waals surface area contributed by atoms with Crippen LogP contribution in [0.25, 0.3) is 0 Å². The van der Waals surface area contributed by atoms with E-state index in [9.17, 15) is 14.4 Å². The number of ether oxygens (including phenoxy) is 3. The van der Waals surface area contributed by atoms with Crippen LogP contribution in [0.2, 0.25) is 0 Å². The first-order valence-corrected chi connectivity index (χ1v) is 8.47. The zero-order valence-electron chi connectivity index (χ0n) is 14.3. The summed E-state index contributed by atoms with van der Waals surface area (Å²) in [5, 5.41) is 13.1. The molecular formula is C17H15N3O6S. The van der Waals surface area contributed by atoms with Crippen LogP contribution in [0.15, 0.2) is 29.6 Å². The van der Waals surface area contributed by atoms with E-state index < -0.39 is 24.5 Å². The van der Waals surface area contributed by atoms with Crippen LogP contribution < -0.4 is 10.1 Å². The number of methoxy groups -OCH3 is 1. The van der Waals surface area contributed by atoms with E-state index >= 15 is 0 Å². The van der Waals surface area contributed by atoms with Crippen molar-refractivity contribution in [1.82, 2.24) is 4.98 Å². The van der Waals surface area contributed by atoms with Crippen LogP contribution in [-0.4, -0.2) is 43.2 Å². The molecule has 0 saturated heterocycles. The summed E-state index contributed by atoms with van der Waals surface area (Å²) in [6.45, 7) is -0.874. The molecule has 1 heterocycles. The molecule has 0 fully saturated rings. The van der Waals surface area contributed by atoms with Gasteiger partial charge in [0.1, 0.15) is 5.75 Å². The second-order valence-corrected chi connectivity index (χ2v) is 5.89. The normalized spacial score (nSPS) is 9.78. The van der Waals surface area contributed by atoms with Gasteiger partial charge in [0.25, 0.3) is 5.91 Å². The number of hydrogen-bond acceptors (Lipinski definition) is 9. The molecule has 1 N–H and O–H groups in total. The lowest BCUT2D eigenvalue weighted by molar-refractivity contribution is -0.149. The molecule has 140 valence electrons. The molecule has 0 radical (unpaired) electrons. The molecule has 2 rings (SSSR count). The standard InChI is InChI=1S/C17H15N3O6S/c1-24-15(22)6-12-10-27-17(19-12)20-14(21)8-26-16(23)9-25-13-4-2-11(7-18)3-5-13/h2-5,10H,6,8-9H2,1H3,(H,19,20,21). The Labute approximate surface area is 158 Å². The summed E-state index contributed by atoms with van der Waals surface area (Å²) in [4.78, 5) is 38.6. The molecule has 0 bridgehead atoms. The Hall–Kier alpha value is -3.45. The first-order chi connectivity index (χ1) is 13.0. The molecule has 10 heteroatoms. The topological polar surface area (TPSA) is 128 Å². The van der Waals surface area contributed by atoms with Crippen LogP contribution >= 0.6 is 11.3 Å². The number of carbonyl (C=O) groups excluding carboxylic acids is 3. The fourth-order valence-corrected chi connectivity index (χ4v) is 2.50. The van der Waals surface area contributed by atoms with Gasteiger partial charge in [-0.3, -0.25) is 14.9 Å². The minimum Gasteiger partial charge on any atom is -0.482 e. The molecule has 0 aliphatic rings. The minimum absolute atomic E-state index is 0.00451. The second kappa shape index (κ2) is 9.88. The van der Waals surface area contributed by atoms with E-state index in [2.05, 4.69) is 15.0 Å². The highest BCUT2D eigenvalue weighted by molar-refractivity contribution is 7.13. The van der Waals surface area contributed by atoms with Crippen LogP contribution in [0.3, 0.4) is 0 Å². The Morgan fingerprint density at radius 3 is 2.59 bits per heavy atom. The third-order valence-corrected chi connectivity index (χ3v) is 3.86. The van der Waals surface area contributed by atoms with Gasteiger partial charge < -0.3 is 14.2 Å². The number of hydrogen-bond donors (Lipinski definition) is 1. The van der Waals surface area contributed by atoms with E-state index in [1.165, 1.54) is 7.11 Å². The number of rotatable bonds is 8. The molecule has 1 amide bonds. The summed E-state index contributed by atoms with van der Waals surface area (Å²) in [5.74, 6) is -1.33. The van der Waals surface area contributed by atoms with Crippen molar-refractivity contribution in [3.8, 4) is 11.8 Å². The first kappa shape index (κ1) is 19.9. The summed E-state index contributed by atoms with van der Waals surface area (Å²) in [6.07, 6.45) is 0.00451. The van der Waals surface area contributed by atoms with Gasteiger partial charge >= 0.3 is 11.9 Å². The molecule has 2 aromatic rings. The summed E-state index contributed by atoms with van der Waals surface area (Å²) in [6, 6.07) is 8.17. The molecule has 0 atom stereocenters. The number of anilines is 1. The Morgan fingerprint density at radius 1 is 1.19 bits per heavy atom. The van der Waals surface area contributed by atoms with Gasteiger partial charge in [-0.2, -0.15) is 5.26 Å². The van der Waals surface area contributed by atoms with Crippen LogP contribution in [0.5, 0.6) is 5.75 Å². The lowest BCUT2D eigenvalue weighted by atomic mass is 10.2. The molecular weight excluding hydrogens is 374 g/mol. The van der Waals surface area contributed by atoms with Crippen molar-refractivity contribution >= 4 is 34.3 Å². The van der Waals surface area contributed by atoms with E-state index in [0.29, 0.717) is 17.0 Å². The predicted octanol–water partition coefficient (Wildman–Crippen LogP) is 1.29. The van der Waals surface area contributed by atoms with Crippen molar-refractivity contribution in [2.24, 2.45) is 0 Å². The van der Waals surface area contributed by atoms with Gasteiger partial charge in [0.05, 0.1) is 30.9 Å². The number of amides is 1. The number of esters is 2. The number of thiazole rings is 1. The van der Waals surface area contributed by atoms with Crippen molar-refractivity contribution in [2.45, 2.75) is 6.42 Å². The largest absolute Gasteiger partial charge is 0.482 e. The molecule has 0 saturated carbocycles. The number of nitrogens with one attached hydrogen (secondary N) is 1. The van der Waals surface area contributed by atoms with Crippen molar-refractivity contribution in [3.05, 3.63) is 40.9 Å². The molecule has 0 unspecified atom stereocenters. The highest BCUT2D eigenvalue weighted by Gasteiger charge is 2.12. The van der Waals surface area contributed by atoms with Crippen molar-refractivity contribution in [2.75, 3.05) is 25.6 Å². The first-order valence-electron chi connectivity index (χ1n) is 7.60. The zero-order valence-corrected chi connectivity index (χ0v) is 15.1. The summed E-state index contributed by atoms with van der Waals surface area (Å²) < 4.78 is 14.5. The fourth-order valence-electron chi connectivity index (χ4n) is 1.78. The molecule has 1 aromatic heterocycles. The molecule has 0 spiro atoms. The van der Waals surface area contributed by atoms with Crippen LogP contribution in [0.1, 0.15) is 11.3 Å². The third-order valence-electron chi connectivity index (χ3n) is 3.06. The van der Waals surface area contributed by atoms with Gasteiger partial charge in [0, 0.05) is 5.38 Å². The van der Waals surface area contributed by atoms with Gasteiger partial charge in [-0.1, -0.05) is 0 Å². The van der Waals surface area contributed by atoms with Crippen molar-refractivity contribution in [1.29, 1.82) is 5.26 Å². The summed E-state index contributed by atoms with van der Waals surface area (Å²) >= 11 is 1.14. The number of nitriles is 1. The Kier molecular flexibility index (Phi) is 7.27. The van der Waals surface area contributed by atoms with Crippen LogP contribution in [0.4, 0.5) is 5.13 Å². The van der Waals surface area contributed by atoms with Gasteiger partial charge in [-0.25, -0.2) is 9.78 Å².